The van der Waals surface area contributed by atoms with Gasteiger partial charge in [0, 0.05) is 32.0 Å². The average Bonchev–Trinajstić information content (AvgIpc) is 2.98. The molecule has 0 aliphatic carbocycles. The fourth-order valence-electron chi connectivity index (χ4n) is 1.91. The van der Waals surface area contributed by atoms with Crippen LogP contribution < -0.4 is 5.32 Å². The number of aromatic nitrogens is 2. The van der Waals surface area contributed by atoms with E-state index in [1.165, 1.54) is 5.56 Å². The molecule has 104 valence electrons. The zero-order valence-electron chi connectivity index (χ0n) is 11.6. The van der Waals surface area contributed by atoms with Crippen molar-refractivity contribution in [2.24, 2.45) is 7.05 Å². The van der Waals surface area contributed by atoms with Gasteiger partial charge < -0.3 is 14.5 Å². The summed E-state index contributed by atoms with van der Waals surface area (Å²) in [7, 11) is 1.94. The van der Waals surface area contributed by atoms with Crippen molar-refractivity contribution in [1.82, 2.24) is 15.1 Å². The Bertz CT molecular complexity index is 477. The number of furan rings is 1. The van der Waals surface area contributed by atoms with Crippen molar-refractivity contribution in [2.75, 3.05) is 13.2 Å². The van der Waals surface area contributed by atoms with Crippen molar-refractivity contribution in [3.8, 4) is 0 Å². The van der Waals surface area contributed by atoms with Crippen LogP contribution in [0, 0.1) is 6.92 Å². The Balaban J connectivity index is 1.51. The number of hydrogen-bond acceptors (Lipinski definition) is 4. The molecule has 0 amide bonds. The summed E-state index contributed by atoms with van der Waals surface area (Å²) in [4.78, 5) is 0. The van der Waals surface area contributed by atoms with Crippen molar-refractivity contribution >= 4 is 0 Å². The van der Waals surface area contributed by atoms with Crippen LogP contribution in [0.4, 0.5) is 0 Å². The third-order valence-electron chi connectivity index (χ3n) is 2.90. The normalized spacial score (nSPS) is 11.1. The maximum absolute atomic E-state index is 5.51. The summed E-state index contributed by atoms with van der Waals surface area (Å²) in [6.45, 7) is 5.11. The predicted molar refractivity (Wildman–Crippen MR) is 72.6 cm³/mol. The summed E-state index contributed by atoms with van der Waals surface area (Å²) in [6, 6.07) is 3.79. The first-order valence-corrected chi connectivity index (χ1v) is 6.55. The fraction of sp³-hybridized carbons (Fsp3) is 0.500. The number of nitrogens with zero attached hydrogens (tertiary/aromatic N) is 2. The van der Waals surface area contributed by atoms with Crippen LogP contribution >= 0.6 is 0 Å². The lowest BCUT2D eigenvalue weighted by Gasteiger charge is -2.04. The molecule has 0 atom stereocenters. The molecule has 0 fully saturated rings. The molecule has 0 saturated carbocycles. The van der Waals surface area contributed by atoms with E-state index in [9.17, 15) is 0 Å². The number of ether oxygens (including phenoxy) is 1. The van der Waals surface area contributed by atoms with Gasteiger partial charge in [0.05, 0.1) is 12.0 Å². The highest BCUT2D eigenvalue weighted by Gasteiger charge is 2.01. The Hall–Kier alpha value is -1.59. The van der Waals surface area contributed by atoms with E-state index in [0.717, 1.165) is 37.6 Å². The molecule has 0 aliphatic rings. The summed E-state index contributed by atoms with van der Waals surface area (Å²) in [6.07, 6.45) is 4.70. The second kappa shape index (κ2) is 7.11. The Labute approximate surface area is 113 Å². The highest BCUT2D eigenvalue weighted by Crippen LogP contribution is 2.04. The van der Waals surface area contributed by atoms with E-state index in [-0.39, 0.29) is 0 Å². The lowest BCUT2D eigenvalue weighted by atomic mass is 10.2. The number of rotatable bonds is 8. The van der Waals surface area contributed by atoms with Gasteiger partial charge in [-0.2, -0.15) is 5.10 Å². The van der Waals surface area contributed by atoms with E-state index in [1.807, 2.05) is 30.8 Å². The van der Waals surface area contributed by atoms with Crippen molar-refractivity contribution in [3.05, 3.63) is 41.6 Å². The summed E-state index contributed by atoms with van der Waals surface area (Å²) in [5, 5.41) is 7.70. The Morgan fingerprint density at radius 3 is 3.05 bits per heavy atom. The smallest absolute Gasteiger partial charge is 0.129 e. The Morgan fingerprint density at radius 1 is 1.47 bits per heavy atom. The van der Waals surface area contributed by atoms with Crippen molar-refractivity contribution < 1.29 is 9.15 Å². The monoisotopic (exact) mass is 263 g/mol. The fourth-order valence-corrected chi connectivity index (χ4v) is 1.91. The lowest BCUT2D eigenvalue weighted by molar-refractivity contribution is 0.104. The predicted octanol–water partition coefficient (Wildman–Crippen LogP) is 2.02. The van der Waals surface area contributed by atoms with Gasteiger partial charge in [-0.05, 0) is 32.0 Å². The highest BCUT2D eigenvalue weighted by atomic mass is 16.5. The van der Waals surface area contributed by atoms with E-state index in [4.69, 9.17) is 9.15 Å². The number of aryl methyl sites for hydroxylation is 2. The van der Waals surface area contributed by atoms with E-state index in [2.05, 4.69) is 16.6 Å². The molecule has 2 heterocycles. The van der Waals surface area contributed by atoms with Crippen LogP contribution in [-0.2, 0) is 24.9 Å². The molecule has 0 aromatic carbocycles. The molecule has 2 aromatic rings. The van der Waals surface area contributed by atoms with Gasteiger partial charge in [0.15, 0.2) is 0 Å². The molecular weight excluding hydrogens is 242 g/mol. The van der Waals surface area contributed by atoms with Gasteiger partial charge in [-0.1, -0.05) is 0 Å². The van der Waals surface area contributed by atoms with Gasteiger partial charge in [-0.15, -0.1) is 0 Å². The maximum Gasteiger partial charge on any atom is 0.129 e. The van der Waals surface area contributed by atoms with Crippen molar-refractivity contribution in [2.45, 2.75) is 26.5 Å². The van der Waals surface area contributed by atoms with Gasteiger partial charge in [-0.25, -0.2) is 0 Å². The molecule has 2 rings (SSSR count). The first kappa shape index (κ1) is 13.8. The summed E-state index contributed by atoms with van der Waals surface area (Å²) < 4.78 is 12.5. The number of nitrogens with one attached hydrogen (secondary N) is 1. The molecular formula is C14H21N3O2. The Kier molecular flexibility index (Phi) is 5.18. The topological polar surface area (TPSA) is 52.2 Å². The van der Waals surface area contributed by atoms with Gasteiger partial charge in [0.2, 0.25) is 0 Å². The Morgan fingerprint density at radius 2 is 2.37 bits per heavy atom. The lowest BCUT2D eigenvalue weighted by Crippen LogP contribution is -2.16. The zero-order chi connectivity index (χ0) is 13.5. The first-order valence-electron chi connectivity index (χ1n) is 6.55. The molecule has 5 heteroatoms. The van der Waals surface area contributed by atoms with E-state index in [0.29, 0.717) is 6.61 Å². The SMILES string of the molecule is Cc1nn(C)cc1CNCCCOCc1ccco1. The molecule has 0 unspecified atom stereocenters. The van der Waals surface area contributed by atoms with Crippen LogP contribution in [0.5, 0.6) is 0 Å². The summed E-state index contributed by atoms with van der Waals surface area (Å²) in [5.74, 6) is 0.874. The summed E-state index contributed by atoms with van der Waals surface area (Å²) in [5.41, 5.74) is 2.34. The van der Waals surface area contributed by atoms with E-state index < -0.39 is 0 Å². The highest BCUT2D eigenvalue weighted by molar-refractivity contribution is 5.14. The molecule has 0 spiro atoms. The number of hydrogen-bond donors (Lipinski definition) is 1. The van der Waals surface area contributed by atoms with Gasteiger partial charge in [0.25, 0.3) is 0 Å². The van der Waals surface area contributed by atoms with Crippen molar-refractivity contribution in [1.29, 1.82) is 0 Å². The zero-order valence-corrected chi connectivity index (χ0v) is 11.6. The first-order chi connectivity index (χ1) is 9.25. The van der Waals surface area contributed by atoms with E-state index in [1.54, 1.807) is 6.26 Å². The molecule has 1 N–H and O–H groups in total. The molecule has 0 bridgehead atoms. The van der Waals surface area contributed by atoms with E-state index >= 15 is 0 Å². The van der Waals surface area contributed by atoms with Crippen molar-refractivity contribution in [3.63, 3.8) is 0 Å². The minimum Gasteiger partial charge on any atom is -0.467 e. The van der Waals surface area contributed by atoms with Crippen LogP contribution in [-0.4, -0.2) is 22.9 Å². The second-order valence-corrected chi connectivity index (χ2v) is 4.58. The molecule has 0 saturated heterocycles. The molecule has 2 aromatic heterocycles. The largest absolute Gasteiger partial charge is 0.467 e. The average molecular weight is 263 g/mol. The summed E-state index contributed by atoms with van der Waals surface area (Å²) >= 11 is 0. The van der Waals surface area contributed by atoms with Crippen LogP contribution in [0.15, 0.2) is 29.0 Å². The standard InChI is InChI=1S/C14H21N3O2/c1-12-13(10-17(2)16-12)9-15-6-4-7-18-11-14-5-3-8-19-14/h3,5,8,10,15H,4,6-7,9,11H2,1-2H3. The quantitative estimate of drug-likeness (QED) is 0.740. The van der Waals surface area contributed by atoms with Crippen LogP contribution in [0.25, 0.3) is 0 Å². The molecule has 0 aliphatic heterocycles. The second-order valence-electron chi connectivity index (χ2n) is 4.58. The third-order valence-corrected chi connectivity index (χ3v) is 2.90. The third kappa shape index (κ3) is 4.54. The molecule has 0 radical (unpaired) electrons. The van der Waals surface area contributed by atoms with Crippen LogP contribution in [0.1, 0.15) is 23.4 Å². The minimum absolute atomic E-state index is 0.550. The van der Waals surface area contributed by atoms with Crippen LogP contribution in [0.2, 0.25) is 0 Å². The van der Waals surface area contributed by atoms with Gasteiger partial charge in [0.1, 0.15) is 12.4 Å². The molecule has 19 heavy (non-hydrogen) atoms. The van der Waals surface area contributed by atoms with Crippen LogP contribution in [0.3, 0.4) is 0 Å². The minimum atomic E-state index is 0.550. The van der Waals surface area contributed by atoms with Gasteiger partial charge in [-0.3, -0.25) is 4.68 Å². The molecule has 5 nitrogen and oxygen atoms in total. The van der Waals surface area contributed by atoms with Gasteiger partial charge >= 0.3 is 0 Å². The maximum atomic E-state index is 5.51.